The lowest BCUT2D eigenvalue weighted by Gasteiger charge is -2.34. The second kappa shape index (κ2) is 8.13. The van der Waals surface area contributed by atoms with Crippen LogP contribution in [0.1, 0.15) is 21.7 Å². The van der Waals surface area contributed by atoms with Gasteiger partial charge in [0.15, 0.2) is 0 Å². The monoisotopic (exact) mass is 367 g/mol. The van der Waals surface area contributed by atoms with E-state index in [1.54, 1.807) is 23.1 Å². The van der Waals surface area contributed by atoms with Gasteiger partial charge in [0.25, 0.3) is 5.91 Å². The standard InChI is InChI=1S/C17H18FN3O3.ClH/c18-14-3-1-2-12(6-14)9-20-4-5-21(10-16(20)22)17(23)13-7-15(8-19)24-11-13;/h1-3,6-7,11H,4-5,8-10,19H2;1H. The van der Waals surface area contributed by atoms with Crippen LogP contribution in [0.5, 0.6) is 0 Å². The lowest BCUT2D eigenvalue weighted by atomic mass is 10.1. The van der Waals surface area contributed by atoms with Crippen LogP contribution in [-0.2, 0) is 17.9 Å². The van der Waals surface area contributed by atoms with Crippen LogP contribution in [0, 0.1) is 5.82 Å². The minimum Gasteiger partial charge on any atom is -0.467 e. The fourth-order valence-corrected chi connectivity index (χ4v) is 2.69. The van der Waals surface area contributed by atoms with E-state index in [-0.39, 0.29) is 43.1 Å². The Balaban J connectivity index is 0.00000225. The third kappa shape index (κ3) is 4.37. The number of nitrogens with zero attached hydrogens (tertiary/aromatic N) is 2. The smallest absolute Gasteiger partial charge is 0.257 e. The Bertz CT molecular complexity index is 765. The molecule has 1 aliphatic rings. The molecule has 0 aliphatic carbocycles. The van der Waals surface area contributed by atoms with Gasteiger partial charge in [-0.25, -0.2) is 4.39 Å². The van der Waals surface area contributed by atoms with Crippen molar-refractivity contribution in [3.63, 3.8) is 0 Å². The summed E-state index contributed by atoms with van der Waals surface area (Å²) in [5.74, 6) is -0.225. The first-order valence-electron chi connectivity index (χ1n) is 7.66. The third-order valence-electron chi connectivity index (χ3n) is 3.97. The summed E-state index contributed by atoms with van der Waals surface area (Å²) in [6, 6.07) is 7.75. The summed E-state index contributed by atoms with van der Waals surface area (Å²) in [6.45, 7) is 1.37. The topological polar surface area (TPSA) is 79.8 Å². The zero-order chi connectivity index (χ0) is 17.1. The van der Waals surface area contributed by atoms with Gasteiger partial charge < -0.3 is 20.0 Å². The van der Waals surface area contributed by atoms with Crippen molar-refractivity contribution in [2.24, 2.45) is 5.73 Å². The summed E-state index contributed by atoms with van der Waals surface area (Å²) in [7, 11) is 0. The normalized spacial score (nSPS) is 14.4. The van der Waals surface area contributed by atoms with Gasteiger partial charge in [0.1, 0.15) is 24.4 Å². The first-order valence-corrected chi connectivity index (χ1v) is 7.66. The zero-order valence-electron chi connectivity index (χ0n) is 13.5. The number of hydrogen-bond donors (Lipinski definition) is 1. The largest absolute Gasteiger partial charge is 0.467 e. The zero-order valence-corrected chi connectivity index (χ0v) is 14.3. The van der Waals surface area contributed by atoms with Crippen molar-refractivity contribution < 1.29 is 18.4 Å². The Hall–Kier alpha value is -2.38. The van der Waals surface area contributed by atoms with Gasteiger partial charge >= 0.3 is 0 Å². The Kier molecular flexibility index (Phi) is 6.17. The second-order valence-corrected chi connectivity index (χ2v) is 5.68. The van der Waals surface area contributed by atoms with Gasteiger partial charge in [-0.2, -0.15) is 0 Å². The first-order chi connectivity index (χ1) is 11.6. The molecular weight excluding hydrogens is 349 g/mol. The van der Waals surface area contributed by atoms with Crippen LogP contribution in [0.25, 0.3) is 0 Å². The van der Waals surface area contributed by atoms with Gasteiger partial charge in [-0.15, -0.1) is 12.4 Å². The molecular formula is C17H19ClFN3O3. The summed E-state index contributed by atoms with van der Waals surface area (Å²) in [6.07, 6.45) is 1.36. The van der Waals surface area contributed by atoms with Gasteiger partial charge in [-0.1, -0.05) is 12.1 Å². The molecule has 2 aromatic rings. The van der Waals surface area contributed by atoms with Crippen molar-refractivity contribution in [2.45, 2.75) is 13.1 Å². The van der Waals surface area contributed by atoms with Gasteiger partial charge in [-0.3, -0.25) is 9.59 Å². The molecule has 1 aromatic heterocycles. The molecule has 25 heavy (non-hydrogen) atoms. The number of halogens is 2. The number of carbonyl (C=O) groups is 2. The average molecular weight is 368 g/mol. The van der Waals surface area contributed by atoms with E-state index in [0.717, 1.165) is 5.56 Å². The minimum atomic E-state index is -0.329. The molecule has 2 N–H and O–H groups in total. The molecule has 0 unspecified atom stereocenters. The highest BCUT2D eigenvalue weighted by Crippen LogP contribution is 2.15. The molecule has 0 atom stereocenters. The molecule has 2 amide bonds. The molecule has 0 spiro atoms. The summed E-state index contributed by atoms with van der Waals surface area (Å²) in [4.78, 5) is 27.8. The lowest BCUT2D eigenvalue weighted by Crippen LogP contribution is -2.51. The fourth-order valence-electron chi connectivity index (χ4n) is 2.69. The van der Waals surface area contributed by atoms with E-state index in [9.17, 15) is 14.0 Å². The summed E-state index contributed by atoms with van der Waals surface area (Å²) in [5.41, 5.74) is 6.58. The van der Waals surface area contributed by atoms with Crippen molar-refractivity contribution in [3.05, 3.63) is 59.3 Å². The maximum Gasteiger partial charge on any atom is 0.257 e. The Morgan fingerprint density at radius 3 is 2.72 bits per heavy atom. The molecule has 6 nitrogen and oxygen atoms in total. The summed E-state index contributed by atoms with van der Waals surface area (Å²) >= 11 is 0. The van der Waals surface area contributed by atoms with E-state index in [1.165, 1.54) is 23.3 Å². The average Bonchev–Trinajstić information content (AvgIpc) is 3.05. The minimum absolute atomic E-state index is 0. The number of rotatable bonds is 4. The van der Waals surface area contributed by atoms with E-state index in [0.29, 0.717) is 31.0 Å². The quantitative estimate of drug-likeness (QED) is 0.893. The van der Waals surface area contributed by atoms with E-state index in [1.807, 2.05) is 0 Å². The Labute approximate surface area is 150 Å². The summed E-state index contributed by atoms with van der Waals surface area (Å²) < 4.78 is 18.4. The molecule has 1 aromatic carbocycles. The molecule has 134 valence electrons. The molecule has 1 aliphatic heterocycles. The van der Waals surface area contributed by atoms with Crippen LogP contribution in [-0.4, -0.2) is 41.2 Å². The second-order valence-electron chi connectivity index (χ2n) is 5.68. The maximum atomic E-state index is 13.2. The van der Waals surface area contributed by atoms with E-state index in [4.69, 9.17) is 10.2 Å². The summed E-state index contributed by atoms with van der Waals surface area (Å²) in [5, 5.41) is 0. The number of nitrogens with two attached hydrogens (primary N) is 1. The predicted molar refractivity (Wildman–Crippen MR) is 91.6 cm³/mol. The van der Waals surface area contributed by atoms with E-state index in [2.05, 4.69) is 0 Å². The van der Waals surface area contributed by atoms with Crippen molar-refractivity contribution >= 4 is 24.2 Å². The molecule has 1 saturated heterocycles. The van der Waals surface area contributed by atoms with Crippen LogP contribution in [0.15, 0.2) is 41.0 Å². The first kappa shape index (κ1) is 19.0. The molecule has 2 heterocycles. The molecule has 0 bridgehead atoms. The predicted octanol–water partition coefficient (Wildman–Crippen LogP) is 1.78. The van der Waals surface area contributed by atoms with Crippen LogP contribution < -0.4 is 5.73 Å². The Morgan fingerprint density at radius 1 is 1.28 bits per heavy atom. The van der Waals surface area contributed by atoms with Crippen LogP contribution in [0.3, 0.4) is 0 Å². The van der Waals surface area contributed by atoms with Gasteiger partial charge in [0.05, 0.1) is 12.1 Å². The third-order valence-corrected chi connectivity index (χ3v) is 3.97. The van der Waals surface area contributed by atoms with Crippen molar-refractivity contribution in [1.29, 1.82) is 0 Å². The molecule has 8 heteroatoms. The van der Waals surface area contributed by atoms with Crippen molar-refractivity contribution in [2.75, 3.05) is 19.6 Å². The van der Waals surface area contributed by atoms with E-state index >= 15 is 0 Å². The highest BCUT2D eigenvalue weighted by Gasteiger charge is 2.28. The van der Waals surface area contributed by atoms with Crippen molar-refractivity contribution in [3.8, 4) is 0 Å². The van der Waals surface area contributed by atoms with Gasteiger partial charge in [0, 0.05) is 19.6 Å². The number of carbonyl (C=O) groups excluding carboxylic acids is 2. The number of amides is 2. The van der Waals surface area contributed by atoms with Crippen molar-refractivity contribution in [1.82, 2.24) is 9.80 Å². The molecule has 3 rings (SSSR count). The van der Waals surface area contributed by atoms with Crippen LogP contribution in [0.4, 0.5) is 4.39 Å². The van der Waals surface area contributed by atoms with Crippen LogP contribution >= 0.6 is 12.4 Å². The molecule has 0 saturated carbocycles. The van der Waals surface area contributed by atoms with Crippen LogP contribution in [0.2, 0.25) is 0 Å². The van der Waals surface area contributed by atoms with Gasteiger partial charge in [-0.05, 0) is 23.8 Å². The fraction of sp³-hybridized carbons (Fsp3) is 0.294. The van der Waals surface area contributed by atoms with E-state index < -0.39 is 0 Å². The maximum absolute atomic E-state index is 13.2. The molecule has 0 radical (unpaired) electrons. The SMILES string of the molecule is Cl.NCc1cc(C(=O)N2CCN(Cc3cccc(F)c3)C(=O)C2)co1. The lowest BCUT2D eigenvalue weighted by molar-refractivity contribution is -0.135. The highest BCUT2D eigenvalue weighted by molar-refractivity contribution is 5.96. The Morgan fingerprint density at radius 2 is 2.08 bits per heavy atom. The van der Waals surface area contributed by atoms with Gasteiger partial charge in [0.2, 0.25) is 5.91 Å². The highest BCUT2D eigenvalue weighted by atomic mass is 35.5. The number of benzene rings is 1. The molecule has 1 fully saturated rings. The number of hydrogen-bond acceptors (Lipinski definition) is 4. The number of piperazine rings is 1. The number of furan rings is 1.